The van der Waals surface area contributed by atoms with Crippen molar-refractivity contribution in [3.63, 3.8) is 0 Å². The molecule has 3 rings (SSSR count). The van der Waals surface area contributed by atoms with Gasteiger partial charge in [0.1, 0.15) is 0 Å². The lowest BCUT2D eigenvalue weighted by atomic mass is 10.5. The molecule has 52 valence electrons. The van der Waals surface area contributed by atoms with Gasteiger partial charge < -0.3 is 5.11 Å². The Balaban J connectivity index is 2.03. The summed E-state index contributed by atoms with van der Waals surface area (Å²) in [5, 5.41) is 9.66. The van der Waals surface area contributed by atoms with E-state index in [1.807, 2.05) is 8.02 Å². The molecule has 4 unspecified atom stereocenters. The van der Waals surface area contributed by atoms with Gasteiger partial charge in [-0.1, -0.05) is 6.92 Å². The second-order valence-corrected chi connectivity index (χ2v) is 4.40. The van der Waals surface area contributed by atoms with E-state index < -0.39 is 0 Å². The first-order chi connectivity index (χ1) is 4.33. The number of aliphatic hydroxyl groups excluding tert-OH is 1. The van der Waals surface area contributed by atoms with Gasteiger partial charge in [0.25, 0.3) is 0 Å². The van der Waals surface area contributed by atoms with Crippen LogP contribution in [0.1, 0.15) is 13.3 Å². The van der Waals surface area contributed by atoms with Crippen LogP contribution in [-0.2, 0) is 0 Å². The van der Waals surface area contributed by atoms with Crippen molar-refractivity contribution < 1.29 is 5.11 Å². The lowest BCUT2D eigenvalue weighted by Crippen LogP contribution is -2.43. The molecule has 5 heteroatoms. The number of rotatable bonds is 1. The molecule has 3 aliphatic heterocycles. The fraction of sp³-hybridized carbons (Fsp3) is 1.00. The van der Waals surface area contributed by atoms with Crippen LogP contribution in [0, 0.1) is 0 Å². The Hall–Kier alpha value is 0.580. The van der Waals surface area contributed by atoms with Crippen molar-refractivity contribution in [3.8, 4) is 0 Å². The van der Waals surface area contributed by atoms with Crippen LogP contribution in [0.5, 0.6) is 0 Å². The third kappa shape index (κ3) is 0.729. The van der Waals surface area contributed by atoms with Crippen LogP contribution < -0.4 is 0 Å². The quantitative estimate of drug-likeness (QED) is 0.580. The monoisotopic (exact) mass is 164 g/mol. The largest absolute Gasteiger partial charge is 0.363 e. The highest BCUT2D eigenvalue weighted by Gasteiger charge is 2.50. The van der Waals surface area contributed by atoms with Crippen LogP contribution in [-0.4, -0.2) is 24.8 Å². The van der Waals surface area contributed by atoms with Gasteiger partial charge in [0.15, 0.2) is 6.35 Å². The number of hydrogen-bond donors (Lipinski definition) is 1. The first-order valence-electron chi connectivity index (χ1n) is 2.93. The summed E-state index contributed by atoms with van der Waals surface area (Å²) in [7, 11) is 0. The summed E-state index contributed by atoms with van der Waals surface area (Å²) in [6.07, 6.45) is 0.788. The lowest BCUT2D eigenvalue weighted by Gasteiger charge is -2.33. The summed E-state index contributed by atoms with van der Waals surface area (Å²) in [6.45, 7) is 2.13. The zero-order chi connectivity index (χ0) is 6.43. The van der Waals surface area contributed by atoms with E-state index in [0.717, 1.165) is 6.42 Å². The van der Waals surface area contributed by atoms with Crippen LogP contribution in [0.3, 0.4) is 0 Å². The topological polar surface area (TPSA) is 26.7 Å². The standard InChI is InChI=1S/C4H8N2OS2/c1-2-3-5-4(7)6(8-3)9-5/h3-4,7H,2H2,1H3. The van der Waals surface area contributed by atoms with Crippen molar-refractivity contribution in [1.82, 2.24) is 8.02 Å². The zero-order valence-corrected chi connectivity index (χ0v) is 6.65. The zero-order valence-electron chi connectivity index (χ0n) is 5.02. The van der Waals surface area contributed by atoms with Crippen molar-refractivity contribution in [2.24, 2.45) is 0 Å². The number of fused-ring (bicyclic) bond motifs is 1. The molecule has 9 heavy (non-hydrogen) atoms. The molecule has 4 atom stereocenters. The Morgan fingerprint density at radius 2 is 2.44 bits per heavy atom. The molecule has 0 saturated carbocycles. The highest BCUT2D eigenvalue weighted by atomic mass is 32.2. The van der Waals surface area contributed by atoms with E-state index in [2.05, 4.69) is 6.92 Å². The number of hydrogen-bond acceptors (Lipinski definition) is 5. The van der Waals surface area contributed by atoms with Gasteiger partial charge in [0.05, 0.1) is 5.37 Å². The minimum atomic E-state index is -0.315. The van der Waals surface area contributed by atoms with Crippen molar-refractivity contribution in [2.75, 3.05) is 0 Å². The van der Waals surface area contributed by atoms with E-state index >= 15 is 0 Å². The summed E-state index contributed by atoms with van der Waals surface area (Å²) in [6, 6.07) is 0. The van der Waals surface area contributed by atoms with Crippen LogP contribution >= 0.6 is 24.1 Å². The second kappa shape index (κ2) is 2.03. The smallest absolute Gasteiger partial charge is 0.196 e. The van der Waals surface area contributed by atoms with E-state index in [0.29, 0.717) is 5.37 Å². The Morgan fingerprint density at radius 1 is 1.67 bits per heavy atom. The highest BCUT2D eigenvalue weighted by molar-refractivity contribution is 8.15. The van der Waals surface area contributed by atoms with Gasteiger partial charge >= 0.3 is 0 Å². The Morgan fingerprint density at radius 3 is 2.67 bits per heavy atom. The van der Waals surface area contributed by atoms with E-state index in [4.69, 9.17) is 5.11 Å². The van der Waals surface area contributed by atoms with Gasteiger partial charge in [-0.25, -0.2) is 0 Å². The van der Waals surface area contributed by atoms with Gasteiger partial charge in [-0.3, -0.25) is 0 Å². The Bertz CT molecular complexity index is 134. The summed E-state index contributed by atoms with van der Waals surface area (Å²) in [4.78, 5) is 0. The number of aliphatic hydroxyl groups is 1. The van der Waals surface area contributed by atoms with Crippen molar-refractivity contribution >= 4 is 24.1 Å². The maximum atomic E-state index is 9.16. The summed E-state index contributed by atoms with van der Waals surface area (Å²) < 4.78 is 3.92. The van der Waals surface area contributed by atoms with Crippen molar-refractivity contribution in [3.05, 3.63) is 0 Å². The third-order valence-corrected chi connectivity index (χ3v) is 4.22. The van der Waals surface area contributed by atoms with E-state index in [1.165, 1.54) is 0 Å². The highest BCUT2D eigenvalue weighted by Crippen LogP contribution is 2.54. The van der Waals surface area contributed by atoms with E-state index in [-0.39, 0.29) is 6.35 Å². The molecular formula is C4H8N2OS2. The van der Waals surface area contributed by atoms with Gasteiger partial charge in [0.2, 0.25) is 0 Å². The molecule has 1 N–H and O–H groups in total. The Kier molecular flexibility index (Phi) is 1.42. The molecule has 0 aromatic carbocycles. The van der Waals surface area contributed by atoms with Crippen LogP contribution in [0.25, 0.3) is 0 Å². The maximum absolute atomic E-state index is 9.16. The fourth-order valence-electron chi connectivity index (χ4n) is 0.925. The molecule has 3 saturated heterocycles. The van der Waals surface area contributed by atoms with Crippen LogP contribution in [0.2, 0.25) is 0 Å². The predicted octanol–water partition coefficient (Wildman–Crippen LogP) is 0.841. The second-order valence-electron chi connectivity index (χ2n) is 2.04. The minimum Gasteiger partial charge on any atom is -0.363 e. The van der Waals surface area contributed by atoms with Crippen LogP contribution in [0.4, 0.5) is 0 Å². The molecule has 3 aliphatic rings. The summed E-state index contributed by atoms with van der Waals surface area (Å²) in [5.41, 5.74) is 0. The first kappa shape index (κ1) is 6.30. The predicted molar refractivity (Wildman–Crippen MR) is 38.9 cm³/mol. The molecular weight excluding hydrogens is 156 g/mol. The van der Waals surface area contributed by atoms with Crippen LogP contribution in [0.15, 0.2) is 0 Å². The van der Waals surface area contributed by atoms with Crippen molar-refractivity contribution in [1.29, 1.82) is 0 Å². The number of nitrogens with zero attached hydrogens (tertiary/aromatic N) is 2. The molecule has 0 amide bonds. The van der Waals surface area contributed by atoms with E-state index in [1.54, 1.807) is 24.1 Å². The van der Waals surface area contributed by atoms with Gasteiger partial charge in [-0.15, -0.1) is 3.71 Å². The summed E-state index contributed by atoms with van der Waals surface area (Å²) in [5.74, 6) is 0. The van der Waals surface area contributed by atoms with Gasteiger partial charge in [0, 0.05) is 12.1 Å². The minimum absolute atomic E-state index is 0.315. The maximum Gasteiger partial charge on any atom is 0.196 e. The average molecular weight is 164 g/mol. The molecule has 3 nitrogen and oxygen atoms in total. The molecule has 2 bridgehead atoms. The molecule has 0 aliphatic carbocycles. The molecule has 3 fully saturated rings. The summed E-state index contributed by atoms with van der Waals surface area (Å²) >= 11 is 3.33. The fourth-order valence-corrected chi connectivity index (χ4v) is 3.37. The lowest BCUT2D eigenvalue weighted by molar-refractivity contribution is -0.000237. The molecule has 0 aromatic rings. The average Bonchev–Trinajstić information content (AvgIpc) is 2.40. The first-order valence-corrected chi connectivity index (χ1v) is 4.50. The third-order valence-electron chi connectivity index (χ3n) is 1.45. The van der Waals surface area contributed by atoms with Gasteiger partial charge in [-0.2, -0.15) is 4.31 Å². The Labute approximate surface area is 62.8 Å². The van der Waals surface area contributed by atoms with E-state index in [9.17, 15) is 0 Å². The normalized spacial score (nSPS) is 55.3. The molecule has 0 radical (unpaired) electrons. The molecule has 3 heterocycles. The SMILES string of the molecule is CCC1SN2SN1C2O. The molecule has 0 spiro atoms. The van der Waals surface area contributed by atoms with Gasteiger partial charge in [-0.05, 0) is 18.4 Å². The molecule has 0 aromatic heterocycles. The van der Waals surface area contributed by atoms with Crippen molar-refractivity contribution in [2.45, 2.75) is 25.1 Å².